The molecule has 2 fully saturated rings. The predicted octanol–water partition coefficient (Wildman–Crippen LogP) is -1.95. The molecule has 0 aromatic carbocycles. The predicted molar refractivity (Wildman–Crippen MR) is 52.9 cm³/mol. The number of hydrogen-bond acceptors (Lipinski definition) is 5. The molecule has 2 atom stereocenters. The van der Waals surface area contributed by atoms with Crippen molar-refractivity contribution in [3.63, 3.8) is 0 Å². The molecule has 0 aromatic rings. The molecular formula is C8H16N2O3S. The van der Waals surface area contributed by atoms with E-state index in [0.29, 0.717) is 6.04 Å². The summed E-state index contributed by atoms with van der Waals surface area (Å²) in [6.07, 6.45) is -0.731. The molecule has 2 N–H and O–H groups in total. The summed E-state index contributed by atoms with van der Waals surface area (Å²) in [7, 11) is -1.00. The molecule has 0 bridgehead atoms. The van der Waals surface area contributed by atoms with Gasteiger partial charge in [0.1, 0.15) is 0 Å². The molecule has 0 radical (unpaired) electrons. The van der Waals surface area contributed by atoms with E-state index < -0.39 is 15.9 Å². The van der Waals surface area contributed by atoms with Crippen LogP contribution in [0.4, 0.5) is 0 Å². The van der Waals surface area contributed by atoms with Gasteiger partial charge in [0.15, 0.2) is 9.84 Å². The van der Waals surface area contributed by atoms with Crippen LogP contribution < -0.4 is 5.32 Å². The number of likely N-dealkylation sites (tertiary alicyclic amines) is 1. The molecule has 14 heavy (non-hydrogen) atoms. The Kier molecular flexibility index (Phi) is 2.55. The van der Waals surface area contributed by atoms with Crippen LogP contribution in [0.15, 0.2) is 0 Å². The van der Waals surface area contributed by atoms with Crippen molar-refractivity contribution in [2.45, 2.75) is 18.2 Å². The van der Waals surface area contributed by atoms with Gasteiger partial charge in [-0.05, 0) is 7.05 Å². The third-order valence-electron chi connectivity index (χ3n) is 2.84. The Balaban J connectivity index is 1.87. The van der Waals surface area contributed by atoms with Crippen LogP contribution in [0.2, 0.25) is 0 Å². The summed E-state index contributed by atoms with van der Waals surface area (Å²) < 4.78 is 22.4. The summed E-state index contributed by atoms with van der Waals surface area (Å²) in [6, 6.07) is 0.0756. The molecule has 2 unspecified atom stereocenters. The smallest absolute Gasteiger partial charge is 0.154 e. The number of hydrogen-bond donors (Lipinski definition) is 2. The summed E-state index contributed by atoms with van der Waals surface area (Å²) >= 11 is 0. The molecule has 0 spiro atoms. The van der Waals surface area contributed by atoms with Gasteiger partial charge < -0.3 is 15.3 Å². The average Bonchev–Trinajstić information content (AvgIpc) is 2.22. The molecule has 6 heteroatoms. The lowest BCUT2D eigenvalue weighted by Crippen LogP contribution is -2.60. The van der Waals surface area contributed by atoms with Crippen LogP contribution in [0, 0.1) is 0 Å². The Morgan fingerprint density at radius 1 is 1.36 bits per heavy atom. The van der Waals surface area contributed by atoms with E-state index in [4.69, 9.17) is 0 Å². The highest BCUT2D eigenvalue weighted by atomic mass is 32.2. The molecule has 82 valence electrons. The molecular weight excluding hydrogens is 204 g/mol. The number of likely N-dealkylation sites (N-methyl/N-ethyl adjacent to an activating group) is 1. The maximum absolute atomic E-state index is 11.2. The van der Waals surface area contributed by atoms with Gasteiger partial charge in [0.05, 0.1) is 17.6 Å². The first-order chi connectivity index (χ1) is 6.46. The van der Waals surface area contributed by atoms with Crippen LogP contribution in [0.25, 0.3) is 0 Å². The van der Waals surface area contributed by atoms with E-state index in [9.17, 15) is 13.5 Å². The quantitative estimate of drug-likeness (QED) is 0.566. The van der Waals surface area contributed by atoms with Crippen molar-refractivity contribution >= 4 is 9.84 Å². The summed E-state index contributed by atoms with van der Waals surface area (Å²) in [4.78, 5) is 2.15. The molecule has 2 saturated heterocycles. The second kappa shape index (κ2) is 3.44. The summed E-state index contributed by atoms with van der Waals surface area (Å²) in [6.45, 7) is 1.87. The lowest BCUT2D eigenvalue weighted by molar-refractivity contribution is 0.111. The van der Waals surface area contributed by atoms with Crippen molar-refractivity contribution in [1.82, 2.24) is 10.2 Å². The van der Waals surface area contributed by atoms with Crippen LogP contribution >= 0.6 is 0 Å². The van der Waals surface area contributed by atoms with E-state index >= 15 is 0 Å². The Morgan fingerprint density at radius 2 is 2.00 bits per heavy atom. The number of aliphatic hydroxyl groups is 1. The van der Waals surface area contributed by atoms with Gasteiger partial charge in [0.2, 0.25) is 0 Å². The van der Waals surface area contributed by atoms with Crippen molar-refractivity contribution in [3.8, 4) is 0 Å². The highest BCUT2D eigenvalue weighted by Gasteiger charge is 2.38. The SMILES string of the molecule is CN1CC(NC2CS(=O)(=O)CC2O)C1. The number of aliphatic hydroxyl groups excluding tert-OH is 1. The van der Waals surface area contributed by atoms with Crippen LogP contribution in [0.1, 0.15) is 0 Å². The normalized spacial score (nSPS) is 38.4. The first kappa shape index (κ1) is 10.4. The lowest BCUT2D eigenvalue weighted by Gasteiger charge is -2.38. The van der Waals surface area contributed by atoms with Crippen LogP contribution in [0.5, 0.6) is 0 Å². The first-order valence-electron chi connectivity index (χ1n) is 4.79. The van der Waals surface area contributed by atoms with Crippen molar-refractivity contribution in [2.24, 2.45) is 0 Å². The highest BCUT2D eigenvalue weighted by Crippen LogP contribution is 2.15. The number of sulfone groups is 1. The molecule has 2 aliphatic heterocycles. The third-order valence-corrected chi connectivity index (χ3v) is 4.55. The second-order valence-electron chi connectivity index (χ2n) is 4.34. The van der Waals surface area contributed by atoms with E-state index in [-0.39, 0.29) is 17.5 Å². The maximum atomic E-state index is 11.2. The van der Waals surface area contributed by atoms with Crippen molar-refractivity contribution in [3.05, 3.63) is 0 Å². The van der Waals surface area contributed by atoms with Gasteiger partial charge >= 0.3 is 0 Å². The molecule has 0 amide bonds. The second-order valence-corrected chi connectivity index (χ2v) is 6.49. The lowest BCUT2D eigenvalue weighted by atomic mass is 10.1. The molecule has 5 nitrogen and oxygen atoms in total. The highest BCUT2D eigenvalue weighted by molar-refractivity contribution is 7.91. The number of nitrogens with zero attached hydrogens (tertiary/aromatic N) is 1. The zero-order valence-electron chi connectivity index (χ0n) is 8.18. The van der Waals surface area contributed by atoms with E-state index in [0.717, 1.165) is 13.1 Å². The van der Waals surface area contributed by atoms with Gasteiger partial charge in [-0.25, -0.2) is 8.42 Å². The van der Waals surface area contributed by atoms with Crippen molar-refractivity contribution < 1.29 is 13.5 Å². The van der Waals surface area contributed by atoms with Crippen molar-refractivity contribution in [2.75, 3.05) is 31.6 Å². The fourth-order valence-electron chi connectivity index (χ4n) is 2.10. The van der Waals surface area contributed by atoms with Crippen LogP contribution in [-0.4, -0.2) is 68.3 Å². The minimum absolute atomic E-state index is 0.0778. The maximum Gasteiger partial charge on any atom is 0.154 e. The molecule has 2 rings (SSSR count). The van der Waals surface area contributed by atoms with E-state index in [1.54, 1.807) is 0 Å². The Labute approximate surface area is 84.0 Å². The largest absolute Gasteiger partial charge is 0.390 e. The van der Waals surface area contributed by atoms with Gasteiger partial charge in [-0.15, -0.1) is 0 Å². The van der Waals surface area contributed by atoms with Gasteiger partial charge in [-0.2, -0.15) is 0 Å². The Bertz CT molecular complexity index is 311. The number of nitrogens with one attached hydrogen (secondary N) is 1. The molecule has 0 aromatic heterocycles. The summed E-state index contributed by atoms with van der Waals surface area (Å²) in [5, 5.41) is 12.7. The van der Waals surface area contributed by atoms with E-state index in [1.807, 2.05) is 7.05 Å². The zero-order valence-corrected chi connectivity index (χ0v) is 9.00. The Morgan fingerprint density at radius 3 is 2.43 bits per heavy atom. The van der Waals surface area contributed by atoms with E-state index in [2.05, 4.69) is 10.2 Å². The van der Waals surface area contributed by atoms with Gasteiger partial charge in [-0.3, -0.25) is 0 Å². The summed E-state index contributed by atoms with van der Waals surface area (Å²) in [5.41, 5.74) is 0. The van der Waals surface area contributed by atoms with Crippen molar-refractivity contribution in [1.29, 1.82) is 0 Å². The van der Waals surface area contributed by atoms with Gasteiger partial charge in [-0.1, -0.05) is 0 Å². The molecule has 0 saturated carbocycles. The fourth-order valence-corrected chi connectivity index (χ4v) is 3.85. The van der Waals surface area contributed by atoms with Crippen LogP contribution in [0.3, 0.4) is 0 Å². The van der Waals surface area contributed by atoms with Crippen LogP contribution in [-0.2, 0) is 9.84 Å². The first-order valence-corrected chi connectivity index (χ1v) is 6.61. The topological polar surface area (TPSA) is 69.6 Å². The number of rotatable bonds is 2. The van der Waals surface area contributed by atoms with Gasteiger partial charge in [0, 0.05) is 25.2 Å². The molecule has 2 aliphatic rings. The fraction of sp³-hybridized carbons (Fsp3) is 1.00. The minimum Gasteiger partial charge on any atom is -0.390 e. The molecule has 2 heterocycles. The van der Waals surface area contributed by atoms with Gasteiger partial charge in [0.25, 0.3) is 0 Å². The summed E-state index contributed by atoms with van der Waals surface area (Å²) in [5.74, 6) is -0.0123. The minimum atomic E-state index is -3.01. The third kappa shape index (κ3) is 2.08. The molecule has 0 aliphatic carbocycles. The monoisotopic (exact) mass is 220 g/mol. The standard InChI is InChI=1S/C8H16N2O3S/c1-10-2-6(3-10)9-7-4-14(12,13)5-8(7)11/h6-9,11H,2-5H2,1H3. The zero-order chi connectivity index (χ0) is 10.3. The van der Waals surface area contributed by atoms with E-state index in [1.165, 1.54) is 0 Å². The Hall–Kier alpha value is -0.170. The average molecular weight is 220 g/mol.